The summed E-state index contributed by atoms with van der Waals surface area (Å²) in [5.41, 5.74) is 2.18. The Balaban J connectivity index is 1.43. The first-order valence-corrected chi connectivity index (χ1v) is 9.38. The number of carbonyl (C=O) groups excluding carboxylic acids is 2. The molecule has 2 aromatic rings. The zero-order chi connectivity index (χ0) is 19.8. The molecule has 0 bridgehead atoms. The molecule has 2 aromatic carbocycles. The molecule has 0 aliphatic carbocycles. The van der Waals surface area contributed by atoms with Crippen LogP contribution in [0.4, 0.5) is 5.69 Å². The summed E-state index contributed by atoms with van der Waals surface area (Å²) in [5, 5.41) is 9.22. The predicted octanol–water partition coefficient (Wildman–Crippen LogP) is 2.73. The Morgan fingerprint density at radius 1 is 1.07 bits per heavy atom. The van der Waals surface area contributed by atoms with Gasteiger partial charge in [-0.2, -0.15) is 5.26 Å². The van der Waals surface area contributed by atoms with E-state index < -0.39 is 0 Å². The summed E-state index contributed by atoms with van der Waals surface area (Å²) in [7, 11) is 0. The standard InChI is InChI=1S/C22H23N3O3/c23-15-19-9-4-5-10-20(19)25-13-12-24(16-22(25)27)21(26)11-6-14-28-17-18-7-2-1-3-8-18/h1-5,7-10H,6,11-14,16-17H2. The number of rotatable bonds is 7. The van der Waals surface area contributed by atoms with Crippen LogP contribution in [0.2, 0.25) is 0 Å². The van der Waals surface area contributed by atoms with E-state index in [2.05, 4.69) is 6.07 Å². The number of ether oxygens (including phenoxy) is 1. The molecule has 1 heterocycles. The van der Waals surface area contributed by atoms with Crippen LogP contribution in [0.15, 0.2) is 54.6 Å². The lowest BCUT2D eigenvalue weighted by molar-refractivity contribution is -0.137. The van der Waals surface area contributed by atoms with Crippen LogP contribution in [0.1, 0.15) is 24.0 Å². The van der Waals surface area contributed by atoms with Gasteiger partial charge in [0.05, 0.1) is 17.9 Å². The molecule has 0 N–H and O–H groups in total. The highest BCUT2D eigenvalue weighted by atomic mass is 16.5. The fraction of sp³-hybridized carbons (Fsp3) is 0.318. The third kappa shape index (κ3) is 4.96. The maximum atomic E-state index is 12.5. The molecule has 0 atom stereocenters. The average molecular weight is 377 g/mol. The number of benzene rings is 2. The van der Waals surface area contributed by atoms with E-state index in [0.29, 0.717) is 50.4 Å². The molecule has 0 spiro atoms. The summed E-state index contributed by atoms with van der Waals surface area (Å²) in [6.07, 6.45) is 0.980. The number of hydrogen-bond acceptors (Lipinski definition) is 4. The maximum absolute atomic E-state index is 12.5. The first-order chi connectivity index (χ1) is 13.7. The fourth-order valence-electron chi connectivity index (χ4n) is 3.19. The molecule has 2 amide bonds. The summed E-state index contributed by atoms with van der Waals surface area (Å²) in [6.45, 7) is 1.95. The Labute approximate surface area is 164 Å². The topological polar surface area (TPSA) is 73.6 Å². The number of nitriles is 1. The van der Waals surface area contributed by atoms with Crippen LogP contribution in [-0.4, -0.2) is 43.0 Å². The molecule has 0 radical (unpaired) electrons. The van der Waals surface area contributed by atoms with Gasteiger partial charge in [0.1, 0.15) is 12.6 Å². The van der Waals surface area contributed by atoms with Gasteiger partial charge in [0.15, 0.2) is 0 Å². The van der Waals surface area contributed by atoms with Crippen molar-refractivity contribution in [3.8, 4) is 6.07 Å². The summed E-state index contributed by atoms with van der Waals surface area (Å²) in [4.78, 5) is 28.1. The van der Waals surface area contributed by atoms with E-state index in [1.165, 1.54) is 0 Å². The highest BCUT2D eigenvalue weighted by molar-refractivity contribution is 5.98. The SMILES string of the molecule is N#Cc1ccccc1N1CCN(C(=O)CCCOCc2ccccc2)CC1=O. The molecule has 28 heavy (non-hydrogen) atoms. The minimum absolute atomic E-state index is 0.0371. The molecule has 144 valence electrons. The van der Waals surface area contributed by atoms with Crippen molar-refractivity contribution in [1.82, 2.24) is 4.90 Å². The maximum Gasteiger partial charge on any atom is 0.246 e. The molecule has 1 aliphatic heterocycles. The number of nitrogens with zero attached hydrogens (tertiary/aromatic N) is 3. The molecule has 1 saturated heterocycles. The van der Waals surface area contributed by atoms with Crippen LogP contribution >= 0.6 is 0 Å². The van der Waals surface area contributed by atoms with Crippen LogP contribution in [0.25, 0.3) is 0 Å². The highest BCUT2D eigenvalue weighted by Gasteiger charge is 2.28. The number of anilines is 1. The Morgan fingerprint density at radius 2 is 1.82 bits per heavy atom. The Hall–Kier alpha value is -3.17. The molecule has 0 aromatic heterocycles. The van der Waals surface area contributed by atoms with E-state index in [4.69, 9.17) is 4.74 Å². The minimum Gasteiger partial charge on any atom is -0.377 e. The second-order valence-corrected chi connectivity index (χ2v) is 6.63. The number of amides is 2. The van der Waals surface area contributed by atoms with Gasteiger partial charge >= 0.3 is 0 Å². The molecule has 1 aliphatic rings. The van der Waals surface area contributed by atoms with Crippen molar-refractivity contribution in [3.05, 3.63) is 65.7 Å². The van der Waals surface area contributed by atoms with E-state index >= 15 is 0 Å². The van der Waals surface area contributed by atoms with E-state index in [9.17, 15) is 14.9 Å². The van der Waals surface area contributed by atoms with Crippen molar-refractivity contribution >= 4 is 17.5 Å². The number of piperazine rings is 1. The van der Waals surface area contributed by atoms with Crippen molar-refractivity contribution < 1.29 is 14.3 Å². The van der Waals surface area contributed by atoms with Crippen molar-refractivity contribution in [2.24, 2.45) is 0 Å². The van der Waals surface area contributed by atoms with E-state index in [1.807, 2.05) is 30.3 Å². The smallest absolute Gasteiger partial charge is 0.246 e. The van der Waals surface area contributed by atoms with Gasteiger partial charge in [0, 0.05) is 26.1 Å². The molecular weight excluding hydrogens is 354 g/mol. The third-order valence-corrected chi connectivity index (χ3v) is 4.68. The summed E-state index contributed by atoms with van der Waals surface area (Å²) in [6, 6.07) is 19.0. The highest BCUT2D eigenvalue weighted by Crippen LogP contribution is 2.22. The lowest BCUT2D eigenvalue weighted by atomic mass is 10.1. The van der Waals surface area contributed by atoms with Gasteiger partial charge in [-0.05, 0) is 24.1 Å². The van der Waals surface area contributed by atoms with Crippen LogP contribution in [-0.2, 0) is 20.9 Å². The van der Waals surface area contributed by atoms with Gasteiger partial charge < -0.3 is 14.5 Å². The van der Waals surface area contributed by atoms with Crippen molar-refractivity contribution in [2.75, 3.05) is 31.1 Å². The zero-order valence-electron chi connectivity index (χ0n) is 15.7. The quantitative estimate of drug-likeness (QED) is 0.696. The van der Waals surface area contributed by atoms with Gasteiger partial charge in [0.25, 0.3) is 0 Å². The molecule has 0 unspecified atom stereocenters. The average Bonchev–Trinajstić information content (AvgIpc) is 2.74. The molecule has 6 heteroatoms. The van der Waals surface area contributed by atoms with Crippen LogP contribution in [0.3, 0.4) is 0 Å². The first-order valence-electron chi connectivity index (χ1n) is 9.38. The van der Waals surface area contributed by atoms with Crippen LogP contribution in [0.5, 0.6) is 0 Å². The summed E-state index contributed by atoms with van der Waals surface area (Å²) in [5.74, 6) is -0.201. The van der Waals surface area contributed by atoms with E-state index in [1.54, 1.807) is 34.1 Å². The normalized spacial score (nSPS) is 14.0. The molecule has 1 fully saturated rings. The van der Waals surface area contributed by atoms with E-state index in [-0.39, 0.29) is 18.4 Å². The summed E-state index contributed by atoms with van der Waals surface area (Å²) < 4.78 is 5.60. The summed E-state index contributed by atoms with van der Waals surface area (Å²) >= 11 is 0. The Bertz CT molecular complexity index is 861. The zero-order valence-corrected chi connectivity index (χ0v) is 15.7. The Kier molecular flexibility index (Phi) is 6.77. The van der Waals surface area contributed by atoms with Gasteiger partial charge in [-0.1, -0.05) is 42.5 Å². The van der Waals surface area contributed by atoms with Gasteiger partial charge in [-0.3, -0.25) is 9.59 Å². The number of hydrogen-bond donors (Lipinski definition) is 0. The second kappa shape index (κ2) is 9.67. The third-order valence-electron chi connectivity index (χ3n) is 4.68. The van der Waals surface area contributed by atoms with Gasteiger partial charge in [-0.25, -0.2) is 0 Å². The largest absolute Gasteiger partial charge is 0.377 e. The second-order valence-electron chi connectivity index (χ2n) is 6.63. The van der Waals surface area contributed by atoms with Crippen molar-refractivity contribution in [3.63, 3.8) is 0 Å². The molecule has 0 saturated carbocycles. The first kappa shape index (κ1) is 19.6. The molecule has 6 nitrogen and oxygen atoms in total. The minimum atomic E-state index is -0.164. The van der Waals surface area contributed by atoms with Gasteiger partial charge in [0.2, 0.25) is 11.8 Å². The van der Waals surface area contributed by atoms with Crippen LogP contribution in [0, 0.1) is 11.3 Å². The molecular formula is C22H23N3O3. The number of carbonyl (C=O) groups is 2. The fourth-order valence-corrected chi connectivity index (χ4v) is 3.19. The lowest BCUT2D eigenvalue weighted by Gasteiger charge is -2.34. The molecule has 3 rings (SSSR count). The monoisotopic (exact) mass is 377 g/mol. The number of para-hydroxylation sites is 1. The van der Waals surface area contributed by atoms with Crippen molar-refractivity contribution in [1.29, 1.82) is 5.26 Å². The van der Waals surface area contributed by atoms with Crippen molar-refractivity contribution in [2.45, 2.75) is 19.4 Å². The van der Waals surface area contributed by atoms with Gasteiger partial charge in [-0.15, -0.1) is 0 Å². The van der Waals surface area contributed by atoms with Crippen LogP contribution < -0.4 is 4.90 Å². The lowest BCUT2D eigenvalue weighted by Crippen LogP contribution is -2.52. The van der Waals surface area contributed by atoms with E-state index in [0.717, 1.165) is 5.56 Å². The predicted molar refractivity (Wildman–Crippen MR) is 105 cm³/mol. The Morgan fingerprint density at radius 3 is 2.57 bits per heavy atom.